The molecule has 3 heterocycles. The quantitative estimate of drug-likeness (QED) is 0.518. The number of nitrogens with one attached hydrogen (secondary N) is 1. The number of benzene rings is 1. The van der Waals surface area contributed by atoms with E-state index < -0.39 is 0 Å². The Morgan fingerprint density at radius 1 is 1.09 bits per heavy atom. The largest absolute Gasteiger partial charge is 0.380 e. The van der Waals surface area contributed by atoms with E-state index in [0.717, 1.165) is 36.4 Å². The van der Waals surface area contributed by atoms with Crippen LogP contribution in [0.5, 0.6) is 0 Å². The zero-order chi connectivity index (χ0) is 22.7. The Kier molecular flexibility index (Phi) is 6.91. The SMILES string of the molecule is CCOCCn1c(C[NH+]2CCC(Cc3ccccc3)CC2)nc2c1c(=O)n(C)c(=O)n2C. The van der Waals surface area contributed by atoms with Gasteiger partial charge >= 0.3 is 5.69 Å². The number of aryl methyl sites for hydroxylation is 1. The van der Waals surface area contributed by atoms with E-state index in [4.69, 9.17) is 9.72 Å². The molecule has 2 aromatic heterocycles. The van der Waals surface area contributed by atoms with Gasteiger partial charge in [0, 0.05) is 27.2 Å². The molecule has 0 atom stereocenters. The maximum Gasteiger partial charge on any atom is 0.332 e. The Balaban J connectivity index is 1.54. The molecular formula is C24H34N5O3+. The molecular weight excluding hydrogens is 406 g/mol. The first-order valence-electron chi connectivity index (χ1n) is 11.6. The topological polar surface area (TPSA) is 75.5 Å². The third kappa shape index (κ3) is 4.56. The number of rotatable bonds is 8. The second-order valence-electron chi connectivity index (χ2n) is 8.81. The van der Waals surface area contributed by atoms with Gasteiger partial charge in [-0.25, -0.2) is 9.78 Å². The Bertz CT molecular complexity index is 1170. The maximum atomic E-state index is 12.9. The summed E-state index contributed by atoms with van der Waals surface area (Å²) in [7, 11) is 3.20. The zero-order valence-corrected chi connectivity index (χ0v) is 19.3. The van der Waals surface area contributed by atoms with Crippen molar-refractivity contribution in [2.45, 2.75) is 39.3 Å². The number of hydrogen-bond donors (Lipinski definition) is 1. The summed E-state index contributed by atoms with van der Waals surface area (Å²) < 4.78 is 10.2. The Labute approximate surface area is 188 Å². The molecule has 8 nitrogen and oxygen atoms in total. The lowest BCUT2D eigenvalue weighted by Gasteiger charge is -2.29. The van der Waals surface area contributed by atoms with Gasteiger partial charge in [0.15, 0.2) is 17.0 Å². The fraction of sp³-hybridized carbons (Fsp3) is 0.542. The third-order valence-corrected chi connectivity index (χ3v) is 6.68. The molecule has 1 N–H and O–H groups in total. The van der Waals surface area contributed by atoms with Gasteiger partial charge in [-0.2, -0.15) is 0 Å². The number of likely N-dealkylation sites (tertiary alicyclic amines) is 1. The van der Waals surface area contributed by atoms with Crippen molar-refractivity contribution in [2.24, 2.45) is 20.0 Å². The minimum Gasteiger partial charge on any atom is -0.380 e. The van der Waals surface area contributed by atoms with Crippen LogP contribution >= 0.6 is 0 Å². The predicted molar refractivity (Wildman–Crippen MR) is 124 cm³/mol. The molecule has 1 aromatic carbocycles. The van der Waals surface area contributed by atoms with Crippen molar-refractivity contribution in [3.05, 3.63) is 62.6 Å². The van der Waals surface area contributed by atoms with Crippen LogP contribution in [0, 0.1) is 5.92 Å². The lowest BCUT2D eigenvalue weighted by atomic mass is 9.90. The van der Waals surface area contributed by atoms with Crippen LogP contribution in [0.3, 0.4) is 0 Å². The van der Waals surface area contributed by atoms with Gasteiger partial charge in [-0.1, -0.05) is 30.3 Å². The van der Waals surface area contributed by atoms with Crippen molar-refractivity contribution in [1.82, 2.24) is 18.7 Å². The number of nitrogens with zero attached hydrogens (tertiary/aromatic N) is 4. The monoisotopic (exact) mass is 440 g/mol. The highest BCUT2D eigenvalue weighted by molar-refractivity contribution is 5.71. The van der Waals surface area contributed by atoms with Crippen molar-refractivity contribution in [3.8, 4) is 0 Å². The van der Waals surface area contributed by atoms with Crippen LogP contribution in [0.2, 0.25) is 0 Å². The fourth-order valence-electron chi connectivity index (χ4n) is 4.81. The van der Waals surface area contributed by atoms with E-state index in [9.17, 15) is 9.59 Å². The van der Waals surface area contributed by atoms with Crippen LogP contribution < -0.4 is 16.1 Å². The number of ether oxygens (including phenoxy) is 1. The molecule has 0 radical (unpaired) electrons. The van der Waals surface area contributed by atoms with Crippen molar-refractivity contribution >= 4 is 11.2 Å². The summed E-state index contributed by atoms with van der Waals surface area (Å²) >= 11 is 0. The number of piperidine rings is 1. The Hall–Kier alpha value is -2.71. The molecule has 0 saturated carbocycles. The average Bonchev–Trinajstić information content (AvgIpc) is 3.16. The van der Waals surface area contributed by atoms with Gasteiger partial charge in [0.2, 0.25) is 0 Å². The molecule has 4 rings (SSSR count). The molecule has 0 amide bonds. The molecule has 1 fully saturated rings. The Morgan fingerprint density at radius 3 is 2.50 bits per heavy atom. The first kappa shape index (κ1) is 22.5. The summed E-state index contributed by atoms with van der Waals surface area (Å²) in [5.41, 5.74) is 1.72. The smallest absolute Gasteiger partial charge is 0.332 e. The van der Waals surface area contributed by atoms with Gasteiger partial charge in [-0.05, 0) is 37.7 Å². The Morgan fingerprint density at radius 2 is 1.81 bits per heavy atom. The number of quaternary nitrogens is 1. The fourth-order valence-corrected chi connectivity index (χ4v) is 4.81. The lowest BCUT2D eigenvalue weighted by Crippen LogP contribution is -3.11. The van der Waals surface area contributed by atoms with E-state index >= 15 is 0 Å². The summed E-state index contributed by atoms with van der Waals surface area (Å²) in [5.74, 6) is 1.57. The number of imidazole rings is 1. The summed E-state index contributed by atoms with van der Waals surface area (Å²) in [6.07, 6.45) is 3.51. The summed E-state index contributed by atoms with van der Waals surface area (Å²) in [6, 6.07) is 10.7. The van der Waals surface area contributed by atoms with Crippen LogP contribution in [0.25, 0.3) is 11.2 Å². The molecule has 0 unspecified atom stereocenters. The second-order valence-corrected chi connectivity index (χ2v) is 8.81. The van der Waals surface area contributed by atoms with Gasteiger partial charge in [0.25, 0.3) is 5.56 Å². The average molecular weight is 441 g/mol. The number of aromatic nitrogens is 4. The highest BCUT2D eigenvalue weighted by Crippen LogP contribution is 2.17. The highest BCUT2D eigenvalue weighted by Gasteiger charge is 2.26. The third-order valence-electron chi connectivity index (χ3n) is 6.68. The first-order valence-corrected chi connectivity index (χ1v) is 11.6. The van der Waals surface area contributed by atoms with Crippen LogP contribution in [-0.2, 0) is 38.3 Å². The molecule has 0 aliphatic carbocycles. The number of fused-ring (bicyclic) bond motifs is 1. The van der Waals surface area contributed by atoms with E-state index in [1.54, 1.807) is 7.05 Å². The minimum absolute atomic E-state index is 0.296. The van der Waals surface area contributed by atoms with Crippen molar-refractivity contribution in [3.63, 3.8) is 0 Å². The normalized spacial score (nSPS) is 19.0. The van der Waals surface area contributed by atoms with Gasteiger partial charge in [-0.15, -0.1) is 0 Å². The molecule has 1 saturated heterocycles. The van der Waals surface area contributed by atoms with Crippen LogP contribution in [0.15, 0.2) is 39.9 Å². The van der Waals surface area contributed by atoms with E-state index in [-0.39, 0.29) is 11.2 Å². The molecule has 0 spiro atoms. The molecule has 0 bridgehead atoms. The van der Waals surface area contributed by atoms with E-state index in [2.05, 4.69) is 30.3 Å². The minimum atomic E-state index is -0.349. The molecule has 3 aromatic rings. The van der Waals surface area contributed by atoms with Crippen LogP contribution in [-0.4, -0.2) is 45.0 Å². The maximum absolute atomic E-state index is 12.9. The van der Waals surface area contributed by atoms with Crippen molar-refractivity contribution in [1.29, 1.82) is 0 Å². The summed E-state index contributed by atoms with van der Waals surface area (Å²) in [5, 5.41) is 0. The molecule has 8 heteroatoms. The standard InChI is InChI=1S/C24H33N5O3/c1-4-32-15-14-29-20(25-22-21(29)23(30)27(3)24(31)26(22)2)17-28-12-10-19(11-13-28)16-18-8-6-5-7-9-18/h5-9,19H,4,10-17H2,1-3H3/p+1. The van der Waals surface area contributed by atoms with E-state index in [1.165, 1.54) is 34.9 Å². The lowest BCUT2D eigenvalue weighted by molar-refractivity contribution is -0.920. The molecule has 32 heavy (non-hydrogen) atoms. The summed E-state index contributed by atoms with van der Waals surface area (Å²) in [4.78, 5) is 31.6. The van der Waals surface area contributed by atoms with Gasteiger partial charge in [0.05, 0.1) is 19.7 Å². The predicted octanol–water partition coefficient (Wildman–Crippen LogP) is 0.508. The van der Waals surface area contributed by atoms with E-state index in [0.29, 0.717) is 36.8 Å². The molecule has 172 valence electrons. The second kappa shape index (κ2) is 9.83. The van der Waals surface area contributed by atoms with Gasteiger partial charge in [0.1, 0.15) is 6.54 Å². The van der Waals surface area contributed by atoms with Gasteiger partial charge < -0.3 is 14.2 Å². The van der Waals surface area contributed by atoms with Gasteiger partial charge in [-0.3, -0.25) is 13.9 Å². The first-order chi connectivity index (χ1) is 15.5. The van der Waals surface area contributed by atoms with Crippen molar-refractivity contribution in [2.75, 3.05) is 26.3 Å². The zero-order valence-electron chi connectivity index (χ0n) is 19.3. The highest BCUT2D eigenvalue weighted by atomic mass is 16.5. The van der Waals surface area contributed by atoms with Crippen LogP contribution in [0.1, 0.15) is 31.2 Å². The van der Waals surface area contributed by atoms with Crippen molar-refractivity contribution < 1.29 is 9.64 Å². The molecule has 1 aliphatic heterocycles. The number of hydrogen-bond acceptors (Lipinski definition) is 4. The van der Waals surface area contributed by atoms with Crippen LogP contribution in [0.4, 0.5) is 0 Å². The van der Waals surface area contributed by atoms with E-state index in [1.807, 2.05) is 11.5 Å². The summed E-state index contributed by atoms with van der Waals surface area (Å²) in [6.45, 7) is 6.56. The molecule has 1 aliphatic rings.